The highest BCUT2D eigenvalue weighted by atomic mass is 35.5. The number of fused-ring (bicyclic) bond motifs is 1. The molecule has 9 heteroatoms. The van der Waals surface area contributed by atoms with Crippen LogP contribution in [0, 0.1) is 5.92 Å². The number of carbonyl (C=O) groups excluding carboxylic acids is 1. The van der Waals surface area contributed by atoms with Crippen molar-refractivity contribution in [2.75, 3.05) is 46.7 Å². The van der Waals surface area contributed by atoms with Crippen molar-refractivity contribution in [3.63, 3.8) is 0 Å². The molecular weight excluding hydrogens is 424 g/mol. The molecule has 1 aromatic rings. The second kappa shape index (κ2) is 9.02. The van der Waals surface area contributed by atoms with Gasteiger partial charge in [-0.3, -0.25) is 4.79 Å². The summed E-state index contributed by atoms with van der Waals surface area (Å²) in [6.07, 6.45) is 5.61. The fourth-order valence-corrected chi connectivity index (χ4v) is 6.21. The summed E-state index contributed by atoms with van der Waals surface area (Å²) >= 11 is 6.31. The highest BCUT2D eigenvalue weighted by molar-refractivity contribution is 7.89. The van der Waals surface area contributed by atoms with Gasteiger partial charge in [0.1, 0.15) is 4.90 Å². The maximum absolute atomic E-state index is 13.4. The van der Waals surface area contributed by atoms with E-state index in [9.17, 15) is 13.2 Å². The molecule has 0 radical (unpaired) electrons. The van der Waals surface area contributed by atoms with Crippen LogP contribution in [0.3, 0.4) is 0 Å². The van der Waals surface area contributed by atoms with Crippen LogP contribution in [0.5, 0.6) is 0 Å². The van der Waals surface area contributed by atoms with E-state index in [-0.39, 0.29) is 21.9 Å². The van der Waals surface area contributed by atoms with Crippen LogP contribution in [0.1, 0.15) is 42.5 Å². The molecule has 1 aromatic carbocycles. The maximum atomic E-state index is 13.4. The van der Waals surface area contributed by atoms with Crippen molar-refractivity contribution in [3.05, 3.63) is 22.7 Å². The summed E-state index contributed by atoms with van der Waals surface area (Å²) in [6.45, 7) is 0.952. The maximum Gasteiger partial charge on any atom is 0.253 e. The first-order chi connectivity index (χ1) is 14.0. The van der Waals surface area contributed by atoms with Crippen molar-refractivity contribution < 1.29 is 13.2 Å². The number of anilines is 1. The van der Waals surface area contributed by atoms with E-state index in [0.717, 1.165) is 23.7 Å². The average molecular weight is 457 g/mol. The van der Waals surface area contributed by atoms with E-state index >= 15 is 0 Å². The van der Waals surface area contributed by atoms with Crippen molar-refractivity contribution in [1.82, 2.24) is 14.5 Å². The van der Waals surface area contributed by atoms with E-state index in [1.165, 1.54) is 39.4 Å². The van der Waals surface area contributed by atoms with E-state index in [1.807, 2.05) is 14.1 Å². The van der Waals surface area contributed by atoms with Crippen LogP contribution < -0.4 is 10.2 Å². The zero-order valence-corrected chi connectivity index (χ0v) is 20.1. The Morgan fingerprint density at radius 1 is 1.13 bits per heavy atom. The van der Waals surface area contributed by atoms with Crippen LogP contribution in [-0.2, 0) is 10.0 Å². The number of benzene rings is 1. The minimum absolute atomic E-state index is 0.0520. The molecule has 1 amide bonds. The zero-order chi connectivity index (χ0) is 22.2. The molecule has 168 valence electrons. The minimum atomic E-state index is -3.77. The number of carbonyl (C=O) groups is 1. The zero-order valence-electron chi connectivity index (χ0n) is 18.5. The number of piperidine rings is 1. The third-order valence-electron chi connectivity index (χ3n) is 6.51. The van der Waals surface area contributed by atoms with Gasteiger partial charge < -0.3 is 15.1 Å². The number of likely N-dealkylation sites (tertiary alicyclic amines) is 1. The molecule has 30 heavy (non-hydrogen) atoms. The monoisotopic (exact) mass is 456 g/mol. The average Bonchev–Trinajstić information content (AvgIpc) is 2.69. The van der Waals surface area contributed by atoms with Gasteiger partial charge in [-0.2, -0.15) is 0 Å². The number of hydrogen-bond donors (Lipinski definition) is 1. The van der Waals surface area contributed by atoms with E-state index < -0.39 is 10.0 Å². The third kappa shape index (κ3) is 4.47. The number of nitrogens with one attached hydrogen (secondary N) is 1. The standard InChI is InChI=1S/C21H33ClN4O3S/c1-24(2)19-13-16(22)20(30(28,29)25(3)4)12-15(19)21(27)23-17-10-11-26(5)18-9-7-6-8-14(17)18/h12-14,17-18H,6-11H2,1-5H3,(H,23,27)/t14-,17+,18-/m0/s1. The van der Waals surface area contributed by atoms with Gasteiger partial charge >= 0.3 is 0 Å². The second-order valence-corrected chi connectivity index (χ2v) is 11.4. The quantitative estimate of drug-likeness (QED) is 0.737. The number of amides is 1. The van der Waals surface area contributed by atoms with E-state index in [4.69, 9.17) is 11.6 Å². The van der Waals surface area contributed by atoms with E-state index in [1.54, 1.807) is 11.0 Å². The Labute approximate surface area is 185 Å². The first-order valence-electron chi connectivity index (χ1n) is 10.5. The van der Waals surface area contributed by atoms with Crippen LogP contribution >= 0.6 is 11.6 Å². The number of sulfonamides is 1. The van der Waals surface area contributed by atoms with Gasteiger partial charge in [-0.25, -0.2) is 12.7 Å². The molecule has 1 aliphatic heterocycles. The SMILES string of the molecule is CN(C)c1cc(Cl)c(S(=O)(=O)N(C)C)cc1C(=O)N[C@@H]1CCN(C)[C@H]2CCCC[C@@H]12. The molecule has 1 N–H and O–H groups in total. The molecule has 1 saturated heterocycles. The lowest BCUT2D eigenvalue weighted by atomic mass is 9.75. The fraction of sp³-hybridized carbons (Fsp3) is 0.667. The van der Waals surface area contributed by atoms with E-state index in [2.05, 4.69) is 17.3 Å². The number of halogens is 1. The predicted molar refractivity (Wildman–Crippen MR) is 121 cm³/mol. The summed E-state index contributed by atoms with van der Waals surface area (Å²) in [5.41, 5.74) is 0.930. The first kappa shape index (κ1) is 23.3. The molecule has 1 saturated carbocycles. The molecule has 2 aliphatic rings. The summed E-state index contributed by atoms with van der Waals surface area (Å²) in [6, 6.07) is 3.57. The smallest absolute Gasteiger partial charge is 0.253 e. The Morgan fingerprint density at radius 2 is 1.80 bits per heavy atom. The number of nitrogens with zero attached hydrogens (tertiary/aromatic N) is 3. The molecule has 0 bridgehead atoms. The van der Waals surface area contributed by atoms with E-state index in [0.29, 0.717) is 23.2 Å². The van der Waals surface area contributed by atoms with Crippen molar-refractivity contribution in [1.29, 1.82) is 0 Å². The Balaban J connectivity index is 1.94. The first-order valence-corrected chi connectivity index (χ1v) is 12.3. The molecular formula is C21H33ClN4O3S. The lowest BCUT2D eigenvalue weighted by Gasteiger charge is -2.47. The van der Waals surface area contributed by atoms with Gasteiger partial charge in [0, 0.05) is 46.8 Å². The molecule has 7 nitrogen and oxygen atoms in total. The Bertz CT molecular complexity index is 904. The highest BCUT2D eigenvalue weighted by Crippen LogP contribution is 2.36. The fourth-order valence-electron chi connectivity index (χ4n) is 4.79. The van der Waals surface area contributed by atoms with Crippen LogP contribution in [-0.4, -0.2) is 77.4 Å². The lowest BCUT2D eigenvalue weighted by molar-refractivity contribution is 0.0506. The summed E-state index contributed by atoms with van der Waals surface area (Å²) < 4.78 is 26.5. The van der Waals surface area contributed by atoms with Crippen molar-refractivity contribution in [3.8, 4) is 0 Å². The molecule has 1 aliphatic carbocycles. The molecule has 2 fully saturated rings. The minimum Gasteiger partial charge on any atom is -0.377 e. The molecule has 3 atom stereocenters. The topological polar surface area (TPSA) is 73.0 Å². The Morgan fingerprint density at radius 3 is 2.43 bits per heavy atom. The van der Waals surface area contributed by atoms with Gasteiger partial charge in [-0.05, 0) is 44.4 Å². The molecule has 0 aromatic heterocycles. The van der Waals surface area contributed by atoms with Gasteiger partial charge in [-0.15, -0.1) is 0 Å². The van der Waals surface area contributed by atoms with Crippen LogP contribution in [0.15, 0.2) is 17.0 Å². The third-order valence-corrected chi connectivity index (χ3v) is 8.79. The van der Waals surface area contributed by atoms with Gasteiger partial charge in [-0.1, -0.05) is 24.4 Å². The van der Waals surface area contributed by atoms with Gasteiger partial charge in [0.15, 0.2) is 0 Å². The summed E-state index contributed by atoms with van der Waals surface area (Å²) in [4.78, 5) is 17.5. The number of rotatable bonds is 5. The molecule has 1 heterocycles. The molecule has 0 unspecified atom stereocenters. The van der Waals surface area contributed by atoms with Crippen LogP contribution in [0.25, 0.3) is 0 Å². The highest BCUT2D eigenvalue weighted by Gasteiger charge is 2.39. The Hall–Kier alpha value is -1.35. The van der Waals surface area contributed by atoms with Gasteiger partial charge in [0.25, 0.3) is 5.91 Å². The van der Waals surface area contributed by atoms with Crippen molar-refractivity contribution in [2.45, 2.75) is 49.1 Å². The number of hydrogen-bond acceptors (Lipinski definition) is 5. The van der Waals surface area contributed by atoms with Gasteiger partial charge in [0.05, 0.1) is 16.3 Å². The summed E-state index contributed by atoms with van der Waals surface area (Å²) in [5.74, 6) is 0.186. The summed E-state index contributed by atoms with van der Waals surface area (Å²) in [7, 11) is 4.93. The molecule has 3 rings (SSSR count). The normalized spacial score (nSPS) is 25.1. The largest absolute Gasteiger partial charge is 0.377 e. The van der Waals surface area contributed by atoms with Crippen molar-refractivity contribution >= 4 is 33.2 Å². The van der Waals surface area contributed by atoms with Gasteiger partial charge in [0.2, 0.25) is 10.0 Å². The molecule has 0 spiro atoms. The second-order valence-electron chi connectivity index (χ2n) is 8.85. The lowest BCUT2D eigenvalue weighted by Crippen LogP contribution is -2.56. The Kier molecular flexibility index (Phi) is 7.01. The van der Waals surface area contributed by atoms with Crippen molar-refractivity contribution in [2.24, 2.45) is 5.92 Å². The summed E-state index contributed by atoms with van der Waals surface area (Å²) in [5, 5.41) is 3.34. The van der Waals surface area contributed by atoms with Crippen LogP contribution in [0.2, 0.25) is 5.02 Å². The van der Waals surface area contributed by atoms with Crippen LogP contribution in [0.4, 0.5) is 5.69 Å². The predicted octanol–water partition coefficient (Wildman–Crippen LogP) is 2.65.